The van der Waals surface area contributed by atoms with E-state index in [9.17, 15) is 9.59 Å². The first-order valence-electron chi connectivity index (χ1n) is 6.78. The summed E-state index contributed by atoms with van der Waals surface area (Å²) in [4.78, 5) is 24.9. The van der Waals surface area contributed by atoms with Crippen LogP contribution in [-0.2, 0) is 16.0 Å². The van der Waals surface area contributed by atoms with E-state index < -0.39 is 12.1 Å². The van der Waals surface area contributed by atoms with E-state index in [1.165, 1.54) is 0 Å². The van der Waals surface area contributed by atoms with Crippen molar-refractivity contribution in [3.8, 4) is 5.75 Å². The third-order valence-electron chi connectivity index (χ3n) is 3.31. The van der Waals surface area contributed by atoms with Crippen molar-refractivity contribution in [2.45, 2.75) is 45.8 Å². The molecule has 1 aliphatic heterocycles. The van der Waals surface area contributed by atoms with E-state index in [1.54, 1.807) is 23.1 Å². The molecule has 0 radical (unpaired) electrons. The number of rotatable bonds is 4. The number of aliphatic carboxylic acids is 1. The second-order valence-corrected chi connectivity index (χ2v) is 5.19. The maximum absolute atomic E-state index is 12.4. The van der Waals surface area contributed by atoms with Gasteiger partial charge in [-0.05, 0) is 38.0 Å². The predicted molar refractivity (Wildman–Crippen MR) is 75.1 cm³/mol. The Labute approximate surface area is 118 Å². The molecule has 108 valence electrons. The van der Waals surface area contributed by atoms with Crippen molar-refractivity contribution in [2.24, 2.45) is 0 Å². The molecule has 1 aliphatic rings. The molecule has 5 nitrogen and oxygen atoms in total. The van der Waals surface area contributed by atoms with Gasteiger partial charge in [-0.1, -0.05) is 13.0 Å². The average Bonchev–Trinajstić information content (AvgIpc) is 2.36. The number of amides is 1. The highest BCUT2D eigenvalue weighted by atomic mass is 16.5. The predicted octanol–water partition coefficient (Wildman–Crippen LogP) is 2.23. The number of ether oxygens (including phenoxy) is 1. The molecule has 2 rings (SSSR count). The first-order chi connectivity index (χ1) is 9.43. The van der Waals surface area contributed by atoms with E-state index in [0.29, 0.717) is 23.4 Å². The molecular weight excluding hydrogens is 258 g/mol. The van der Waals surface area contributed by atoms with Crippen molar-refractivity contribution in [3.05, 3.63) is 23.8 Å². The lowest BCUT2D eigenvalue weighted by atomic mass is 10.1. The Bertz CT molecular complexity index is 539. The average molecular weight is 277 g/mol. The van der Waals surface area contributed by atoms with E-state index in [0.717, 1.165) is 0 Å². The van der Waals surface area contributed by atoms with Gasteiger partial charge in [0.1, 0.15) is 5.75 Å². The number of carboxylic acids is 1. The summed E-state index contributed by atoms with van der Waals surface area (Å²) in [7, 11) is 0. The molecule has 0 saturated carbocycles. The fourth-order valence-electron chi connectivity index (χ4n) is 2.40. The molecule has 1 heterocycles. The number of benzene rings is 1. The summed E-state index contributed by atoms with van der Waals surface area (Å²) in [5.74, 6) is -0.322. The van der Waals surface area contributed by atoms with Crippen LogP contribution in [-0.4, -0.2) is 29.1 Å². The number of hydrogen-bond donors (Lipinski definition) is 1. The molecule has 1 aromatic carbocycles. The normalized spacial score (nSPS) is 17.9. The van der Waals surface area contributed by atoms with E-state index in [1.807, 2.05) is 20.8 Å². The summed E-state index contributed by atoms with van der Waals surface area (Å²) in [6.07, 6.45) is 0.0819. The topological polar surface area (TPSA) is 66.8 Å². The van der Waals surface area contributed by atoms with E-state index in [-0.39, 0.29) is 18.4 Å². The molecule has 0 aliphatic carbocycles. The van der Waals surface area contributed by atoms with E-state index in [4.69, 9.17) is 9.84 Å². The summed E-state index contributed by atoms with van der Waals surface area (Å²) >= 11 is 0. The Morgan fingerprint density at radius 3 is 2.70 bits per heavy atom. The SMILES string of the molecule is CCC1Oc2ccc(CC(=O)O)cc2N(C(C)C)C1=O. The molecule has 1 aromatic rings. The molecule has 0 fully saturated rings. The number of carbonyl (C=O) groups excluding carboxylic acids is 1. The summed E-state index contributed by atoms with van der Waals surface area (Å²) in [5.41, 5.74) is 1.32. The van der Waals surface area contributed by atoms with Crippen LogP contribution in [0, 0.1) is 0 Å². The first-order valence-corrected chi connectivity index (χ1v) is 6.78. The van der Waals surface area contributed by atoms with E-state index in [2.05, 4.69) is 0 Å². The number of carboxylic acid groups (broad SMARTS) is 1. The van der Waals surface area contributed by atoms with Crippen LogP contribution in [0.1, 0.15) is 32.8 Å². The van der Waals surface area contributed by atoms with Crippen LogP contribution in [0.15, 0.2) is 18.2 Å². The zero-order valence-corrected chi connectivity index (χ0v) is 11.9. The van der Waals surface area contributed by atoms with Crippen molar-refractivity contribution >= 4 is 17.6 Å². The summed E-state index contributed by atoms with van der Waals surface area (Å²) in [5, 5.41) is 8.87. The molecule has 0 aromatic heterocycles. The van der Waals surface area contributed by atoms with Crippen LogP contribution in [0.2, 0.25) is 0 Å². The van der Waals surface area contributed by atoms with Crippen molar-refractivity contribution in [1.82, 2.24) is 0 Å². The summed E-state index contributed by atoms with van der Waals surface area (Å²) in [6, 6.07) is 5.21. The molecule has 1 unspecified atom stereocenters. The van der Waals surface area contributed by atoms with Gasteiger partial charge >= 0.3 is 5.97 Å². The van der Waals surface area contributed by atoms with Crippen LogP contribution >= 0.6 is 0 Å². The minimum Gasteiger partial charge on any atom is -0.481 e. The maximum Gasteiger partial charge on any atom is 0.307 e. The molecular formula is C15H19NO4. The number of nitrogens with zero attached hydrogens (tertiary/aromatic N) is 1. The van der Waals surface area contributed by atoms with Crippen LogP contribution in [0.25, 0.3) is 0 Å². The standard InChI is InChI=1S/C15H19NO4/c1-4-12-15(19)16(9(2)3)11-7-10(8-14(17)18)5-6-13(11)20-12/h5-7,9,12H,4,8H2,1-3H3,(H,17,18). The molecule has 1 atom stereocenters. The van der Waals surface area contributed by atoms with Gasteiger partial charge in [0.05, 0.1) is 12.1 Å². The van der Waals surface area contributed by atoms with Gasteiger partial charge in [-0.25, -0.2) is 0 Å². The smallest absolute Gasteiger partial charge is 0.307 e. The minimum absolute atomic E-state index is 0.000668. The number of anilines is 1. The van der Waals surface area contributed by atoms with E-state index >= 15 is 0 Å². The number of fused-ring (bicyclic) bond motifs is 1. The Morgan fingerprint density at radius 2 is 2.15 bits per heavy atom. The zero-order valence-electron chi connectivity index (χ0n) is 11.9. The van der Waals surface area contributed by atoms with Gasteiger partial charge in [-0.2, -0.15) is 0 Å². The quantitative estimate of drug-likeness (QED) is 0.916. The zero-order chi connectivity index (χ0) is 14.9. The summed E-state index contributed by atoms with van der Waals surface area (Å²) in [6.45, 7) is 5.78. The van der Waals surface area contributed by atoms with Gasteiger partial charge in [0.25, 0.3) is 5.91 Å². The van der Waals surface area contributed by atoms with Crippen molar-refractivity contribution in [2.75, 3.05) is 4.90 Å². The van der Waals surface area contributed by atoms with Gasteiger partial charge in [-0.3, -0.25) is 9.59 Å². The highest BCUT2D eigenvalue weighted by molar-refractivity contribution is 6.00. The Hall–Kier alpha value is -2.04. The van der Waals surface area contributed by atoms with Gasteiger partial charge in [0.2, 0.25) is 0 Å². The molecule has 0 bridgehead atoms. The molecule has 1 N–H and O–H groups in total. The van der Waals surface area contributed by atoms with Crippen molar-refractivity contribution in [3.63, 3.8) is 0 Å². The fraction of sp³-hybridized carbons (Fsp3) is 0.467. The molecule has 0 saturated heterocycles. The molecule has 0 spiro atoms. The van der Waals surface area contributed by atoms with Gasteiger partial charge in [-0.15, -0.1) is 0 Å². The lowest BCUT2D eigenvalue weighted by Crippen LogP contribution is -2.48. The van der Waals surface area contributed by atoms with Crippen LogP contribution in [0.3, 0.4) is 0 Å². The summed E-state index contributed by atoms with van der Waals surface area (Å²) < 4.78 is 5.70. The Kier molecular flexibility index (Phi) is 3.97. The number of carbonyl (C=O) groups is 2. The van der Waals surface area contributed by atoms with Gasteiger partial charge < -0.3 is 14.7 Å². The van der Waals surface area contributed by atoms with Crippen LogP contribution in [0.5, 0.6) is 5.75 Å². The van der Waals surface area contributed by atoms with Gasteiger partial charge in [0.15, 0.2) is 6.10 Å². The highest BCUT2D eigenvalue weighted by Crippen LogP contribution is 2.36. The lowest BCUT2D eigenvalue weighted by molar-refractivity contribution is -0.136. The molecule has 5 heteroatoms. The van der Waals surface area contributed by atoms with Gasteiger partial charge in [0, 0.05) is 6.04 Å². The Balaban J connectivity index is 2.45. The second-order valence-electron chi connectivity index (χ2n) is 5.19. The Morgan fingerprint density at radius 1 is 1.45 bits per heavy atom. The largest absolute Gasteiger partial charge is 0.481 e. The monoisotopic (exact) mass is 277 g/mol. The maximum atomic E-state index is 12.4. The molecule has 20 heavy (non-hydrogen) atoms. The minimum atomic E-state index is -0.893. The first kappa shape index (κ1) is 14.4. The van der Waals surface area contributed by atoms with Crippen LogP contribution in [0.4, 0.5) is 5.69 Å². The number of hydrogen-bond acceptors (Lipinski definition) is 3. The van der Waals surface area contributed by atoms with Crippen molar-refractivity contribution in [1.29, 1.82) is 0 Å². The highest BCUT2D eigenvalue weighted by Gasteiger charge is 2.34. The second kappa shape index (κ2) is 5.53. The van der Waals surface area contributed by atoms with Crippen LogP contribution < -0.4 is 9.64 Å². The third-order valence-corrected chi connectivity index (χ3v) is 3.31. The molecule has 1 amide bonds. The fourth-order valence-corrected chi connectivity index (χ4v) is 2.40. The van der Waals surface area contributed by atoms with Crippen molar-refractivity contribution < 1.29 is 19.4 Å². The lowest BCUT2D eigenvalue weighted by Gasteiger charge is -2.36. The third kappa shape index (κ3) is 2.61.